The van der Waals surface area contributed by atoms with Gasteiger partial charge in [-0.3, -0.25) is 0 Å². The minimum Gasteiger partial charge on any atom is -0.469 e. The molecule has 0 fully saturated rings. The maximum Gasteiger partial charge on any atom is 0.192 e. The van der Waals surface area contributed by atoms with Crippen LogP contribution >= 0.6 is 0 Å². The van der Waals surface area contributed by atoms with Gasteiger partial charge in [0.25, 0.3) is 0 Å². The third-order valence-corrected chi connectivity index (χ3v) is 2.80. The van der Waals surface area contributed by atoms with E-state index in [1.165, 1.54) is 0 Å². The molecule has 1 aromatic carbocycles. The molecule has 0 spiro atoms. The summed E-state index contributed by atoms with van der Waals surface area (Å²) < 4.78 is 11.1. The summed E-state index contributed by atoms with van der Waals surface area (Å²) in [7, 11) is 2.01. The van der Waals surface area contributed by atoms with Crippen molar-refractivity contribution in [3.05, 3.63) is 18.0 Å². The van der Waals surface area contributed by atoms with Crippen molar-refractivity contribution in [1.82, 2.24) is 4.98 Å². The second-order valence-electron chi connectivity index (χ2n) is 3.85. The highest BCUT2D eigenvalue weighted by molar-refractivity contribution is 5.83. The molecule has 0 amide bonds. The van der Waals surface area contributed by atoms with Crippen LogP contribution in [0.2, 0.25) is 0 Å². The fraction of sp³-hybridized carbons (Fsp3) is 0.462. The van der Waals surface area contributed by atoms with E-state index in [0.717, 1.165) is 22.5 Å². The van der Waals surface area contributed by atoms with Crippen molar-refractivity contribution < 1.29 is 9.15 Å². The Kier molecular flexibility index (Phi) is 2.96. The van der Waals surface area contributed by atoms with Crippen LogP contribution in [-0.4, -0.2) is 18.3 Å². The molecule has 4 nitrogen and oxygen atoms in total. The molecule has 0 aliphatic carbocycles. The maximum atomic E-state index is 5.67. The summed E-state index contributed by atoms with van der Waals surface area (Å²) in [5.41, 5.74) is 2.74. The highest BCUT2D eigenvalue weighted by Gasteiger charge is 2.25. The van der Waals surface area contributed by atoms with Gasteiger partial charge in [-0.2, -0.15) is 0 Å². The Morgan fingerprint density at radius 3 is 2.71 bits per heavy atom. The van der Waals surface area contributed by atoms with E-state index in [1.54, 1.807) is 0 Å². The molecule has 0 bridgehead atoms. The van der Waals surface area contributed by atoms with Crippen LogP contribution in [0.5, 0.6) is 5.75 Å². The first-order valence-corrected chi connectivity index (χ1v) is 5.96. The fourth-order valence-corrected chi connectivity index (χ4v) is 1.89. The standard InChI is InChI=1S/C11H12N2O2.C2H6/c1-6-12-8-4-9-11(5-10(8)14-6)15-7(2)13(9)3;1-2/h4-5,7H,1-3H3;1-2H3. The summed E-state index contributed by atoms with van der Waals surface area (Å²) >= 11 is 0. The maximum absolute atomic E-state index is 5.67. The van der Waals surface area contributed by atoms with Crippen molar-refractivity contribution in [2.24, 2.45) is 0 Å². The zero-order valence-electron chi connectivity index (χ0n) is 10.9. The van der Waals surface area contributed by atoms with Crippen molar-refractivity contribution in [1.29, 1.82) is 0 Å². The third kappa shape index (κ3) is 1.84. The van der Waals surface area contributed by atoms with E-state index in [1.807, 2.05) is 46.9 Å². The molecule has 17 heavy (non-hydrogen) atoms. The topological polar surface area (TPSA) is 38.5 Å². The largest absolute Gasteiger partial charge is 0.469 e. The van der Waals surface area contributed by atoms with Gasteiger partial charge in [0, 0.05) is 20.0 Å². The summed E-state index contributed by atoms with van der Waals surface area (Å²) in [6.07, 6.45) is 0.0765. The number of nitrogens with zero attached hydrogens (tertiary/aromatic N) is 2. The van der Waals surface area contributed by atoms with E-state index in [4.69, 9.17) is 9.15 Å². The van der Waals surface area contributed by atoms with Gasteiger partial charge >= 0.3 is 0 Å². The highest BCUT2D eigenvalue weighted by Crippen LogP contribution is 2.39. The second-order valence-corrected chi connectivity index (χ2v) is 3.85. The van der Waals surface area contributed by atoms with Gasteiger partial charge in [0.05, 0.1) is 5.69 Å². The van der Waals surface area contributed by atoms with Crippen LogP contribution in [0.3, 0.4) is 0 Å². The van der Waals surface area contributed by atoms with Crippen LogP contribution < -0.4 is 9.64 Å². The van der Waals surface area contributed by atoms with Crippen molar-refractivity contribution in [3.63, 3.8) is 0 Å². The van der Waals surface area contributed by atoms with Gasteiger partial charge in [0.15, 0.2) is 17.7 Å². The normalized spacial score (nSPS) is 17.5. The predicted octanol–water partition coefficient (Wildman–Crippen LogP) is 3.34. The van der Waals surface area contributed by atoms with E-state index in [2.05, 4.69) is 9.88 Å². The molecule has 2 aromatic rings. The van der Waals surface area contributed by atoms with Crippen molar-refractivity contribution in [2.75, 3.05) is 11.9 Å². The summed E-state index contributed by atoms with van der Waals surface area (Å²) in [5.74, 6) is 1.55. The van der Waals surface area contributed by atoms with E-state index < -0.39 is 0 Å². The van der Waals surface area contributed by atoms with Crippen LogP contribution in [0.4, 0.5) is 5.69 Å². The quantitative estimate of drug-likeness (QED) is 0.700. The van der Waals surface area contributed by atoms with Gasteiger partial charge in [-0.15, -0.1) is 0 Å². The van der Waals surface area contributed by atoms with Gasteiger partial charge < -0.3 is 14.1 Å². The minimum atomic E-state index is 0.0765. The second kappa shape index (κ2) is 4.28. The van der Waals surface area contributed by atoms with E-state index in [0.29, 0.717) is 5.89 Å². The third-order valence-electron chi connectivity index (χ3n) is 2.80. The van der Waals surface area contributed by atoms with E-state index >= 15 is 0 Å². The average Bonchev–Trinajstić information content (AvgIpc) is 2.80. The number of aryl methyl sites for hydroxylation is 1. The molecule has 0 N–H and O–H groups in total. The van der Waals surface area contributed by atoms with Gasteiger partial charge in [0.2, 0.25) is 0 Å². The van der Waals surface area contributed by atoms with E-state index in [-0.39, 0.29) is 6.23 Å². The molecule has 1 aromatic heterocycles. The number of ether oxygens (including phenoxy) is 1. The fourth-order valence-electron chi connectivity index (χ4n) is 1.89. The number of hydrogen-bond donors (Lipinski definition) is 0. The number of aromatic nitrogens is 1. The molecular formula is C13H18N2O2. The van der Waals surface area contributed by atoms with Crippen molar-refractivity contribution in [2.45, 2.75) is 33.9 Å². The van der Waals surface area contributed by atoms with Gasteiger partial charge in [-0.25, -0.2) is 4.98 Å². The van der Waals surface area contributed by atoms with Crippen LogP contribution in [0, 0.1) is 6.92 Å². The summed E-state index contributed by atoms with van der Waals surface area (Å²) in [6.45, 7) is 7.86. The smallest absolute Gasteiger partial charge is 0.192 e. The highest BCUT2D eigenvalue weighted by atomic mass is 16.5. The predicted molar refractivity (Wildman–Crippen MR) is 68.6 cm³/mol. The molecule has 1 atom stereocenters. The molecule has 92 valence electrons. The number of rotatable bonds is 0. The molecular weight excluding hydrogens is 216 g/mol. The monoisotopic (exact) mass is 234 g/mol. The molecule has 1 aliphatic heterocycles. The number of oxazole rings is 1. The molecule has 0 saturated carbocycles. The summed E-state index contributed by atoms with van der Waals surface area (Å²) in [5, 5.41) is 0. The van der Waals surface area contributed by atoms with Crippen molar-refractivity contribution >= 4 is 16.8 Å². The first-order chi connectivity index (χ1) is 8.15. The Hall–Kier alpha value is -1.71. The lowest BCUT2D eigenvalue weighted by molar-refractivity contribution is 0.251. The molecule has 0 saturated heterocycles. The Morgan fingerprint density at radius 2 is 2.00 bits per heavy atom. The van der Waals surface area contributed by atoms with Gasteiger partial charge in [0.1, 0.15) is 11.3 Å². The van der Waals surface area contributed by atoms with Gasteiger partial charge in [-0.1, -0.05) is 13.8 Å². The zero-order chi connectivity index (χ0) is 12.6. The van der Waals surface area contributed by atoms with E-state index in [9.17, 15) is 0 Å². The first-order valence-electron chi connectivity index (χ1n) is 5.96. The van der Waals surface area contributed by atoms with Crippen LogP contribution in [0.1, 0.15) is 26.7 Å². The summed E-state index contributed by atoms with van der Waals surface area (Å²) in [4.78, 5) is 6.38. The number of fused-ring (bicyclic) bond motifs is 2. The lowest BCUT2D eigenvalue weighted by Gasteiger charge is -2.14. The molecule has 1 aliphatic rings. The zero-order valence-corrected chi connectivity index (χ0v) is 10.9. The molecule has 4 heteroatoms. The Morgan fingerprint density at radius 1 is 1.29 bits per heavy atom. The minimum absolute atomic E-state index is 0.0765. The summed E-state index contributed by atoms with van der Waals surface area (Å²) in [6, 6.07) is 3.91. The first kappa shape index (κ1) is 11.8. The molecule has 0 radical (unpaired) electrons. The molecule has 3 rings (SSSR count). The lowest BCUT2D eigenvalue weighted by atomic mass is 10.2. The Bertz CT molecular complexity index is 533. The Balaban J connectivity index is 0.000000514. The molecule has 2 heterocycles. The SMILES string of the molecule is CC.Cc1nc2cc3c(cc2o1)OC(C)N3C. The molecule has 1 unspecified atom stereocenters. The number of anilines is 1. The lowest BCUT2D eigenvalue weighted by Crippen LogP contribution is -2.27. The average molecular weight is 234 g/mol. The van der Waals surface area contributed by atoms with Crippen LogP contribution in [0.15, 0.2) is 16.5 Å². The van der Waals surface area contributed by atoms with Crippen LogP contribution in [0.25, 0.3) is 11.1 Å². The number of benzene rings is 1. The Labute approximate surface area is 101 Å². The van der Waals surface area contributed by atoms with Crippen LogP contribution in [-0.2, 0) is 0 Å². The number of hydrogen-bond acceptors (Lipinski definition) is 4. The van der Waals surface area contributed by atoms with Crippen molar-refractivity contribution in [3.8, 4) is 5.75 Å². The van der Waals surface area contributed by atoms with Gasteiger partial charge in [-0.05, 0) is 13.0 Å².